The van der Waals surface area contributed by atoms with Gasteiger partial charge in [-0.3, -0.25) is 0 Å². The summed E-state index contributed by atoms with van der Waals surface area (Å²) in [7, 11) is 5.22. The van der Waals surface area contributed by atoms with Gasteiger partial charge in [0.1, 0.15) is 0 Å². The third-order valence-corrected chi connectivity index (χ3v) is 0.859. The molecule has 2 heteroatoms. The van der Waals surface area contributed by atoms with Crippen LogP contribution in [0.5, 0.6) is 0 Å². The summed E-state index contributed by atoms with van der Waals surface area (Å²) < 4.78 is 0. The van der Waals surface area contributed by atoms with Crippen molar-refractivity contribution in [1.29, 1.82) is 0 Å². The summed E-state index contributed by atoms with van der Waals surface area (Å²) in [4.78, 5) is 0. The smallest absolute Gasteiger partial charge is 0.0771 e. The molecule has 0 aromatic rings. The predicted molar refractivity (Wildman–Crippen MR) is 40.6 cm³/mol. The van der Waals surface area contributed by atoms with Crippen molar-refractivity contribution in [3.05, 3.63) is 12.2 Å². The normalized spacial score (nSPS) is 12.8. The first-order valence-electron chi connectivity index (χ1n) is 3.16. The molecule has 0 aliphatic carbocycles. The van der Waals surface area contributed by atoms with E-state index in [-0.39, 0.29) is 0 Å². The standard InChI is InChI=1S/C7H13BO/c1-7(2,9)5-3-4-6-8/h3,5,9H,4,6H2,1-2H3/b5-3+. The van der Waals surface area contributed by atoms with Crippen LogP contribution in [-0.4, -0.2) is 18.6 Å². The van der Waals surface area contributed by atoms with E-state index in [1.165, 1.54) is 0 Å². The van der Waals surface area contributed by atoms with Crippen LogP contribution in [0, 0.1) is 0 Å². The topological polar surface area (TPSA) is 20.2 Å². The van der Waals surface area contributed by atoms with Crippen molar-refractivity contribution in [2.45, 2.75) is 32.2 Å². The van der Waals surface area contributed by atoms with Crippen LogP contribution in [0.15, 0.2) is 12.2 Å². The number of hydrogen-bond acceptors (Lipinski definition) is 1. The molecule has 0 unspecified atom stereocenters. The summed E-state index contributed by atoms with van der Waals surface area (Å²) in [6, 6.07) is 0. The van der Waals surface area contributed by atoms with Gasteiger partial charge in [0.05, 0.1) is 13.4 Å². The molecule has 0 heterocycles. The molecular weight excluding hydrogens is 111 g/mol. The highest BCUT2D eigenvalue weighted by atomic mass is 16.3. The second-order valence-corrected chi connectivity index (χ2v) is 2.63. The second kappa shape index (κ2) is 3.73. The van der Waals surface area contributed by atoms with Crippen molar-refractivity contribution in [1.82, 2.24) is 0 Å². The lowest BCUT2D eigenvalue weighted by Gasteiger charge is -2.09. The lowest BCUT2D eigenvalue weighted by atomic mass is 10.0. The zero-order chi connectivity index (χ0) is 7.33. The summed E-state index contributed by atoms with van der Waals surface area (Å²) in [5.41, 5.74) is -0.685. The van der Waals surface area contributed by atoms with E-state index >= 15 is 0 Å². The van der Waals surface area contributed by atoms with E-state index in [0.717, 1.165) is 6.42 Å². The highest BCUT2D eigenvalue weighted by molar-refractivity contribution is 6.08. The van der Waals surface area contributed by atoms with Crippen LogP contribution in [0.2, 0.25) is 6.32 Å². The quantitative estimate of drug-likeness (QED) is 0.444. The number of hydrogen-bond donors (Lipinski definition) is 1. The van der Waals surface area contributed by atoms with Gasteiger partial charge in [0.15, 0.2) is 0 Å². The van der Waals surface area contributed by atoms with E-state index in [4.69, 9.17) is 13.0 Å². The lowest BCUT2D eigenvalue weighted by Crippen LogP contribution is -2.13. The fourth-order valence-corrected chi connectivity index (χ4v) is 0.468. The van der Waals surface area contributed by atoms with Gasteiger partial charge in [-0.05, 0) is 20.3 Å². The molecule has 0 amide bonds. The Labute approximate surface area is 58.2 Å². The molecule has 0 saturated carbocycles. The van der Waals surface area contributed by atoms with Crippen molar-refractivity contribution >= 4 is 7.85 Å². The fraction of sp³-hybridized carbons (Fsp3) is 0.714. The van der Waals surface area contributed by atoms with Crippen LogP contribution < -0.4 is 0 Å². The molecule has 0 rings (SSSR count). The highest BCUT2D eigenvalue weighted by Gasteiger charge is 2.04. The van der Waals surface area contributed by atoms with E-state index in [2.05, 4.69) is 0 Å². The third kappa shape index (κ3) is 7.76. The molecule has 2 radical (unpaired) electrons. The van der Waals surface area contributed by atoms with Crippen LogP contribution >= 0.6 is 0 Å². The van der Waals surface area contributed by atoms with Gasteiger partial charge in [0.2, 0.25) is 0 Å². The summed E-state index contributed by atoms with van der Waals surface area (Å²) in [5, 5.41) is 9.12. The van der Waals surface area contributed by atoms with Gasteiger partial charge in [0, 0.05) is 0 Å². The minimum absolute atomic E-state index is 0.645. The monoisotopic (exact) mass is 124 g/mol. The van der Waals surface area contributed by atoms with Crippen LogP contribution in [0.4, 0.5) is 0 Å². The molecule has 1 nitrogen and oxygen atoms in total. The van der Waals surface area contributed by atoms with Gasteiger partial charge in [-0.2, -0.15) is 0 Å². The zero-order valence-electron chi connectivity index (χ0n) is 6.09. The molecule has 9 heavy (non-hydrogen) atoms. The van der Waals surface area contributed by atoms with Gasteiger partial charge < -0.3 is 5.11 Å². The van der Waals surface area contributed by atoms with Crippen LogP contribution in [0.25, 0.3) is 0 Å². The van der Waals surface area contributed by atoms with Crippen molar-refractivity contribution < 1.29 is 5.11 Å². The Morgan fingerprint density at radius 1 is 1.56 bits per heavy atom. The molecular formula is C7H13BO. The summed E-state index contributed by atoms with van der Waals surface area (Å²) in [5.74, 6) is 0. The Morgan fingerprint density at radius 3 is 2.44 bits per heavy atom. The molecule has 1 N–H and O–H groups in total. The molecule has 0 saturated heterocycles. The van der Waals surface area contributed by atoms with Gasteiger partial charge in [-0.25, -0.2) is 0 Å². The Bertz CT molecular complexity index is 91.6. The first-order chi connectivity index (χ1) is 4.06. The first kappa shape index (κ1) is 8.76. The van der Waals surface area contributed by atoms with Crippen molar-refractivity contribution in [2.24, 2.45) is 0 Å². The molecule has 0 fully saturated rings. The van der Waals surface area contributed by atoms with Crippen molar-refractivity contribution in [3.8, 4) is 0 Å². The Hall–Kier alpha value is -0.235. The van der Waals surface area contributed by atoms with Gasteiger partial charge in [-0.15, -0.1) is 0 Å². The Kier molecular flexibility index (Phi) is 3.63. The Morgan fingerprint density at radius 2 is 2.11 bits per heavy atom. The predicted octanol–water partition coefficient (Wildman–Crippen LogP) is 1.29. The SMILES string of the molecule is [B]CC/C=C/C(C)(C)O. The summed E-state index contributed by atoms with van der Waals surface area (Å²) in [6.45, 7) is 3.47. The molecule has 0 atom stereocenters. The van der Waals surface area contributed by atoms with Gasteiger partial charge in [-0.1, -0.05) is 18.5 Å². The molecule has 50 valence electrons. The highest BCUT2D eigenvalue weighted by Crippen LogP contribution is 2.03. The number of rotatable bonds is 3. The molecule has 0 aromatic heterocycles. The fourth-order valence-electron chi connectivity index (χ4n) is 0.468. The number of allylic oxidation sites excluding steroid dienone is 1. The van der Waals surface area contributed by atoms with E-state index in [1.807, 2.05) is 6.08 Å². The minimum Gasteiger partial charge on any atom is -0.386 e. The lowest BCUT2D eigenvalue weighted by molar-refractivity contribution is 0.133. The Balaban J connectivity index is 3.45. The van der Waals surface area contributed by atoms with E-state index < -0.39 is 5.60 Å². The van der Waals surface area contributed by atoms with E-state index in [1.54, 1.807) is 19.9 Å². The molecule has 0 aliphatic rings. The largest absolute Gasteiger partial charge is 0.386 e. The molecule has 0 bridgehead atoms. The average molecular weight is 124 g/mol. The maximum atomic E-state index is 9.12. The van der Waals surface area contributed by atoms with Crippen LogP contribution in [0.1, 0.15) is 20.3 Å². The minimum atomic E-state index is -0.685. The third-order valence-electron chi connectivity index (χ3n) is 0.859. The van der Waals surface area contributed by atoms with Gasteiger partial charge >= 0.3 is 0 Å². The maximum absolute atomic E-state index is 9.12. The van der Waals surface area contributed by atoms with Crippen LogP contribution in [0.3, 0.4) is 0 Å². The van der Waals surface area contributed by atoms with Crippen LogP contribution in [-0.2, 0) is 0 Å². The second-order valence-electron chi connectivity index (χ2n) is 2.63. The summed E-state index contributed by atoms with van der Waals surface area (Å²) >= 11 is 0. The zero-order valence-corrected chi connectivity index (χ0v) is 6.09. The van der Waals surface area contributed by atoms with Gasteiger partial charge in [0.25, 0.3) is 0 Å². The van der Waals surface area contributed by atoms with E-state index in [0.29, 0.717) is 6.32 Å². The average Bonchev–Trinajstić information content (AvgIpc) is 1.63. The van der Waals surface area contributed by atoms with Crippen molar-refractivity contribution in [3.63, 3.8) is 0 Å². The van der Waals surface area contributed by atoms with E-state index in [9.17, 15) is 0 Å². The van der Waals surface area contributed by atoms with Crippen molar-refractivity contribution in [2.75, 3.05) is 0 Å². The molecule has 0 aliphatic heterocycles. The number of aliphatic hydroxyl groups is 1. The maximum Gasteiger partial charge on any atom is 0.0771 e. The molecule has 0 spiro atoms. The molecule has 0 aromatic carbocycles. The first-order valence-corrected chi connectivity index (χ1v) is 3.16. The summed E-state index contributed by atoms with van der Waals surface area (Å²) in [6.07, 6.45) is 5.12.